The van der Waals surface area contributed by atoms with Gasteiger partial charge in [0, 0.05) is 18.1 Å². The summed E-state index contributed by atoms with van der Waals surface area (Å²) in [7, 11) is 0. The summed E-state index contributed by atoms with van der Waals surface area (Å²) in [6.07, 6.45) is 2.19. The second-order valence-electron chi connectivity index (χ2n) is 5.67. The first kappa shape index (κ1) is 16.1. The Balaban J connectivity index is 0.00000161. The topological polar surface area (TPSA) is 57.6 Å². The van der Waals surface area contributed by atoms with Crippen molar-refractivity contribution in [3.63, 3.8) is 0 Å². The number of benzene rings is 1. The van der Waals surface area contributed by atoms with Crippen LogP contribution in [0.15, 0.2) is 24.3 Å². The Morgan fingerprint density at radius 3 is 2.57 bits per heavy atom. The third kappa shape index (κ3) is 2.87. The van der Waals surface area contributed by atoms with Crippen LogP contribution in [0.5, 0.6) is 0 Å². The van der Waals surface area contributed by atoms with Crippen LogP contribution in [0.4, 0.5) is 0 Å². The molecule has 1 amide bonds. The zero-order valence-corrected chi connectivity index (χ0v) is 13.0. The van der Waals surface area contributed by atoms with Crippen LogP contribution in [0.25, 0.3) is 0 Å². The zero-order chi connectivity index (χ0) is 14.3. The molecule has 1 aromatic carbocycles. The lowest BCUT2D eigenvalue weighted by Crippen LogP contribution is -2.38. The number of hydrogen-bond acceptors (Lipinski definition) is 2. The number of likely N-dealkylation sites (tertiary alicyclic amines) is 1. The van der Waals surface area contributed by atoms with Gasteiger partial charge in [0.2, 0.25) is 5.91 Å². The van der Waals surface area contributed by atoms with Gasteiger partial charge in [0.25, 0.3) is 0 Å². The average molecular weight is 330 g/mol. The van der Waals surface area contributed by atoms with Crippen LogP contribution in [0, 0.1) is 5.92 Å². The highest BCUT2D eigenvalue weighted by molar-refractivity contribution is 6.30. The van der Waals surface area contributed by atoms with E-state index in [0.29, 0.717) is 24.5 Å². The maximum atomic E-state index is 12.7. The Kier molecular flexibility index (Phi) is 4.49. The first-order valence-electron chi connectivity index (χ1n) is 6.81. The van der Waals surface area contributed by atoms with Crippen LogP contribution in [0.2, 0.25) is 5.02 Å². The fourth-order valence-electron chi connectivity index (χ4n) is 2.99. The monoisotopic (exact) mass is 329 g/mol. The third-order valence-corrected chi connectivity index (χ3v) is 4.60. The van der Waals surface area contributed by atoms with Crippen molar-refractivity contribution >= 4 is 35.9 Å². The molecule has 1 N–H and O–H groups in total. The molecule has 21 heavy (non-hydrogen) atoms. The van der Waals surface area contributed by atoms with Crippen molar-refractivity contribution in [1.29, 1.82) is 0 Å². The van der Waals surface area contributed by atoms with E-state index in [1.807, 2.05) is 18.2 Å². The summed E-state index contributed by atoms with van der Waals surface area (Å²) in [6, 6.07) is 7.43. The van der Waals surface area contributed by atoms with E-state index in [2.05, 4.69) is 0 Å². The van der Waals surface area contributed by atoms with E-state index < -0.39 is 17.3 Å². The number of carboxylic acid groups (broad SMARTS) is 1. The number of aliphatic carboxylic acids is 1. The number of hydrogen-bond donors (Lipinski definition) is 1. The fraction of sp³-hybridized carbons (Fsp3) is 0.467. The average Bonchev–Trinajstić information content (AvgIpc) is 3.08. The van der Waals surface area contributed by atoms with E-state index in [0.717, 1.165) is 18.4 Å². The molecule has 2 aliphatic rings. The van der Waals surface area contributed by atoms with Gasteiger partial charge in [-0.1, -0.05) is 23.7 Å². The molecule has 1 atom stereocenters. The summed E-state index contributed by atoms with van der Waals surface area (Å²) < 4.78 is 0. The minimum atomic E-state index is -0.812. The number of rotatable bonds is 3. The van der Waals surface area contributed by atoms with Gasteiger partial charge in [-0.2, -0.15) is 0 Å². The predicted molar refractivity (Wildman–Crippen MR) is 81.9 cm³/mol. The maximum Gasteiger partial charge on any atom is 0.308 e. The smallest absolute Gasteiger partial charge is 0.308 e. The van der Waals surface area contributed by atoms with Gasteiger partial charge in [0.15, 0.2) is 0 Å². The molecule has 1 saturated carbocycles. The quantitative estimate of drug-likeness (QED) is 0.927. The van der Waals surface area contributed by atoms with E-state index in [1.165, 1.54) is 0 Å². The molecule has 0 radical (unpaired) electrons. The number of carbonyl (C=O) groups excluding carboxylic acids is 1. The van der Waals surface area contributed by atoms with Crippen molar-refractivity contribution in [2.45, 2.75) is 24.7 Å². The van der Waals surface area contributed by atoms with Crippen molar-refractivity contribution in [3.05, 3.63) is 34.9 Å². The molecular formula is C15H17Cl2NO3. The highest BCUT2D eigenvalue weighted by Gasteiger charge is 2.54. The van der Waals surface area contributed by atoms with E-state index in [4.69, 9.17) is 16.7 Å². The van der Waals surface area contributed by atoms with Crippen molar-refractivity contribution in [2.24, 2.45) is 5.92 Å². The highest BCUT2D eigenvalue weighted by atomic mass is 35.5. The Labute approximate surface area is 134 Å². The molecule has 3 rings (SSSR count). The number of halogens is 2. The van der Waals surface area contributed by atoms with Crippen LogP contribution in [-0.2, 0) is 15.0 Å². The largest absolute Gasteiger partial charge is 0.481 e. The van der Waals surface area contributed by atoms with E-state index >= 15 is 0 Å². The molecule has 0 bridgehead atoms. The minimum Gasteiger partial charge on any atom is -0.481 e. The van der Waals surface area contributed by atoms with Gasteiger partial charge in [-0.05, 0) is 37.0 Å². The second kappa shape index (κ2) is 5.85. The van der Waals surface area contributed by atoms with Crippen molar-refractivity contribution in [1.82, 2.24) is 4.90 Å². The van der Waals surface area contributed by atoms with Crippen LogP contribution < -0.4 is 0 Å². The molecule has 1 aliphatic carbocycles. The summed E-state index contributed by atoms with van der Waals surface area (Å²) >= 11 is 6.01. The molecule has 1 aliphatic heterocycles. The van der Waals surface area contributed by atoms with Gasteiger partial charge < -0.3 is 10.0 Å². The lowest BCUT2D eigenvalue weighted by atomic mass is 9.94. The lowest BCUT2D eigenvalue weighted by molar-refractivity contribution is -0.141. The molecule has 114 valence electrons. The van der Waals surface area contributed by atoms with Crippen LogP contribution in [-0.4, -0.2) is 35.0 Å². The molecule has 1 heterocycles. The van der Waals surface area contributed by atoms with E-state index in [-0.39, 0.29) is 18.3 Å². The summed E-state index contributed by atoms with van der Waals surface area (Å²) in [5, 5.41) is 9.66. The SMILES string of the molecule is Cl.O=C(O)C1CCN(C(=O)C2(c3cccc(Cl)c3)CC2)C1. The first-order chi connectivity index (χ1) is 9.53. The second-order valence-corrected chi connectivity index (χ2v) is 6.10. The van der Waals surface area contributed by atoms with Crippen molar-refractivity contribution in [2.75, 3.05) is 13.1 Å². The molecular weight excluding hydrogens is 313 g/mol. The maximum absolute atomic E-state index is 12.7. The lowest BCUT2D eigenvalue weighted by Gasteiger charge is -2.23. The normalized spacial score (nSPS) is 22.5. The van der Waals surface area contributed by atoms with E-state index in [1.54, 1.807) is 11.0 Å². The molecule has 1 saturated heterocycles. The molecule has 2 fully saturated rings. The molecule has 6 heteroatoms. The number of carbonyl (C=O) groups is 2. The number of carboxylic acids is 1. The molecule has 0 spiro atoms. The third-order valence-electron chi connectivity index (χ3n) is 4.36. The predicted octanol–water partition coefficient (Wildman–Crippen LogP) is 2.73. The molecule has 1 unspecified atom stereocenters. The summed E-state index contributed by atoms with van der Waals surface area (Å²) in [6.45, 7) is 0.870. The number of nitrogens with zero attached hydrogens (tertiary/aromatic N) is 1. The summed E-state index contributed by atoms with van der Waals surface area (Å²) in [5.41, 5.74) is 0.493. The molecule has 4 nitrogen and oxygen atoms in total. The van der Waals surface area contributed by atoms with Crippen molar-refractivity contribution < 1.29 is 14.7 Å². The van der Waals surface area contributed by atoms with Crippen molar-refractivity contribution in [3.8, 4) is 0 Å². The summed E-state index contributed by atoms with van der Waals surface area (Å²) in [4.78, 5) is 25.4. The number of amides is 1. The van der Waals surface area contributed by atoms with E-state index in [9.17, 15) is 9.59 Å². The van der Waals surface area contributed by atoms with Crippen LogP contribution >= 0.6 is 24.0 Å². The standard InChI is InChI=1S/C15H16ClNO3.ClH/c16-12-3-1-2-11(8-12)15(5-6-15)14(20)17-7-4-10(9-17)13(18)19;/h1-3,8,10H,4-7,9H2,(H,18,19);1H. The molecule has 1 aromatic rings. The van der Waals surface area contributed by atoms with Gasteiger partial charge in [-0.3, -0.25) is 9.59 Å². The fourth-order valence-corrected chi connectivity index (χ4v) is 3.18. The van der Waals surface area contributed by atoms with Gasteiger partial charge in [-0.15, -0.1) is 12.4 Å². The Morgan fingerprint density at radius 1 is 1.33 bits per heavy atom. The highest BCUT2D eigenvalue weighted by Crippen LogP contribution is 2.50. The molecule has 0 aromatic heterocycles. The van der Waals surface area contributed by atoms with Crippen LogP contribution in [0.3, 0.4) is 0 Å². The van der Waals surface area contributed by atoms with Gasteiger partial charge in [-0.25, -0.2) is 0 Å². The Hall–Kier alpha value is -1.26. The van der Waals surface area contributed by atoms with Gasteiger partial charge >= 0.3 is 5.97 Å². The Morgan fingerprint density at radius 2 is 2.05 bits per heavy atom. The van der Waals surface area contributed by atoms with Gasteiger partial charge in [0.05, 0.1) is 11.3 Å². The first-order valence-corrected chi connectivity index (χ1v) is 7.19. The van der Waals surface area contributed by atoms with Gasteiger partial charge in [0.1, 0.15) is 0 Å². The zero-order valence-electron chi connectivity index (χ0n) is 11.4. The summed E-state index contributed by atoms with van der Waals surface area (Å²) in [5.74, 6) is -1.18. The Bertz CT molecular complexity index is 572. The minimum absolute atomic E-state index is 0. The van der Waals surface area contributed by atoms with Crippen LogP contribution in [0.1, 0.15) is 24.8 Å².